The molecule has 0 spiro atoms. The van der Waals surface area contributed by atoms with Crippen molar-refractivity contribution in [3.8, 4) is 11.5 Å². The molecule has 172 valence electrons. The summed E-state index contributed by atoms with van der Waals surface area (Å²) in [6, 6.07) is 9.56. The number of carbonyl (C=O) groups excluding carboxylic acids is 1. The van der Waals surface area contributed by atoms with E-state index < -0.39 is 15.9 Å². The fourth-order valence-corrected chi connectivity index (χ4v) is 5.40. The molecule has 0 fully saturated rings. The molecule has 1 aromatic heterocycles. The van der Waals surface area contributed by atoms with Crippen LogP contribution < -0.4 is 14.3 Å². The summed E-state index contributed by atoms with van der Waals surface area (Å²) in [5.74, 6) is 0.738. The Balaban J connectivity index is 1.91. The van der Waals surface area contributed by atoms with Gasteiger partial charge in [0.15, 0.2) is 16.3 Å². The highest BCUT2D eigenvalue weighted by Crippen LogP contribution is 2.33. The van der Waals surface area contributed by atoms with Crippen molar-refractivity contribution < 1.29 is 22.7 Å². The van der Waals surface area contributed by atoms with Crippen molar-refractivity contribution in [3.05, 3.63) is 46.8 Å². The van der Waals surface area contributed by atoms with Crippen LogP contribution in [0.2, 0.25) is 0 Å². The second-order valence-electron chi connectivity index (χ2n) is 7.24. The first-order chi connectivity index (χ1) is 15.2. The molecular formula is C22H27N3O5S2. The number of hydrogen-bond acceptors (Lipinski definition) is 6. The van der Waals surface area contributed by atoms with Gasteiger partial charge in [-0.1, -0.05) is 24.7 Å². The highest BCUT2D eigenvalue weighted by atomic mass is 32.2. The van der Waals surface area contributed by atoms with E-state index in [-0.39, 0.29) is 4.90 Å². The lowest BCUT2D eigenvalue weighted by molar-refractivity contribution is 0.0998. The van der Waals surface area contributed by atoms with Crippen LogP contribution in [0.15, 0.2) is 46.3 Å². The number of aryl methyl sites for hydroxylation is 1. The topological polar surface area (TPSA) is 90.2 Å². The van der Waals surface area contributed by atoms with E-state index in [1.54, 1.807) is 25.8 Å². The molecule has 0 aliphatic rings. The molecule has 0 unspecified atom stereocenters. The van der Waals surface area contributed by atoms with Gasteiger partial charge in [0.05, 0.1) is 29.3 Å². The number of methoxy groups -OCH3 is 2. The van der Waals surface area contributed by atoms with E-state index in [2.05, 4.69) is 4.99 Å². The van der Waals surface area contributed by atoms with Crippen LogP contribution in [0, 0.1) is 0 Å². The number of carbonyl (C=O) groups is 1. The van der Waals surface area contributed by atoms with Crippen molar-refractivity contribution in [1.82, 2.24) is 8.87 Å². The van der Waals surface area contributed by atoms with Gasteiger partial charge in [0, 0.05) is 38.3 Å². The zero-order valence-corrected chi connectivity index (χ0v) is 20.4. The molecule has 0 saturated heterocycles. The van der Waals surface area contributed by atoms with Crippen molar-refractivity contribution in [1.29, 1.82) is 0 Å². The monoisotopic (exact) mass is 477 g/mol. The zero-order valence-electron chi connectivity index (χ0n) is 18.8. The van der Waals surface area contributed by atoms with Crippen LogP contribution in [-0.4, -0.2) is 51.0 Å². The van der Waals surface area contributed by atoms with Gasteiger partial charge in [-0.25, -0.2) is 12.7 Å². The number of thiazole rings is 1. The molecule has 0 bridgehead atoms. The van der Waals surface area contributed by atoms with E-state index in [9.17, 15) is 13.2 Å². The SMILES string of the molecule is CCCCN(C)S(=O)(=O)c1ccc(C(=O)N=c2sc3cc(OC)c(OC)cc3n2C)cc1. The van der Waals surface area contributed by atoms with Gasteiger partial charge in [-0.05, 0) is 30.7 Å². The number of sulfonamides is 1. The number of rotatable bonds is 8. The number of hydrogen-bond donors (Lipinski definition) is 0. The van der Waals surface area contributed by atoms with Gasteiger partial charge in [-0.2, -0.15) is 4.99 Å². The fraction of sp³-hybridized carbons (Fsp3) is 0.364. The van der Waals surface area contributed by atoms with Crippen molar-refractivity contribution >= 4 is 37.5 Å². The summed E-state index contributed by atoms with van der Waals surface area (Å²) >= 11 is 1.35. The van der Waals surface area contributed by atoms with Crippen molar-refractivity contribution in [2.75, 3.05) is 27.8 Å². The predicted molar refractivity (Wildman–Crippen MR) is 125 cm³/mol. The van der Waals surface area contributed by atoms with Gasteiger partial charge in [0.2, 0.25) is 10.0 Å². The molecular weight excluding hydrogens is 450 g/mol. The normalized spacial score (nSPS) is 12.5. The molecule has 8 nitrogen and oxygen atoms in total. The highest BCUT2D eigenvalue weighted by Gasteiger charge is 2.20. The van der Waals surface area contributed by atoms with Crippen molar-refractivity contribution in [2.24, 2.45) is 12.0 Å². The first-order valence-corrected chi connectivity index (χ1v) is 12.4. The third kappa shape index (κ3) is 4.72. The number of fused-ring (bicyclic) bond motifs is 1. The Morgan fingerprint density at radius 2 is 1.75 bits per heavy atom. The van der Waals surface area contributed by atoms with E-state index in [1.807, 2.05) is 26.1 Å². The molecule has 0 aliphatic heterocycles. The second kappa shape index (κ2) is 9.85. The minimum absolute atomic E-state index is 0.152. The molecule has 0 saturated carbocycles. The molecule has 0 N–H and O–H groups in total. The van der Waals surface area contributed by atoms with Gasteiger partial charge in [0.1, 0.15) is 0 Å². The average molecular weight is 478 g/mol. The molecule has 0 aliphatic carbocycles. The Bertz CT molecular complexity index is 1290. The number of unbranched alkanes of at least 4 members (excludes halogenated alkanes) is 1. The van der Waals surface area contributed by atoms with Crippen LogP contribution in [0.4, 0.5) is 0 Å². The number of ether oxygens (including phenoxy) is 2. The summed E-state index contributed by atoms with van der Waals surface area (Å²) < 4.78 is 40.0. The quantitative estimate of drug-likeness (QED) is 0.496. The molecule has 10 heteroatoms. The zero-order chi connectivity index (χ0) is 23.5. The predicted octanol–water partition coefficient (Wildman–Crippen LogP) is 3.42. The Labute approximate surface area is 191 Å². The molecule has 1 amide bonds. The molecule has 0 atom stereocenters. The maximum atomic E-state index is 12.7. The summed E-state index contributed by atoms with van der Waals surface area (Å²) in [6.45, 7) is 2.46. The average Bonchev–Trinajstić information content (AvgIpc) is 3.10. The minimum Gasteiger partial charge on any atom is -0.493 e. The Morgan fingerprint density at radius 1 is 1.12 bits per heavy atom. The van der Waals surface area contributed by atoms with E-state index in [4.69, 9.17) is 9.47 Å². The van der Waals surface area contributed by atoms with E-state index in [0.717, 1.165) is 23.1 Å². The van der Waals surface area contributed by atoms with Crippen LogP contribution in [0.3, 0.4) is 0 Å². The number of benzene rings is 2. The first kappa shape index (κ1) is 24.0. The third-order valence-corrected chi connectivity index (χ3v) is 8.11. The van der Waals surface area contributed by atoms with Crippen molar-refractivity contribution in [3.63, 3.8) is 0 Å². The van der Waals surface area contributed by atoms with Crippen LogP contribution in [0.1, 0.15) is 30.1 Å². The van der Waals surface area contributed by atoms with Crippen LogP contribution in [-0.2, 0) is 17.1 Å². The molecule has 2 aromatic carbocycles. The maximum Gasteiger partial charge on any atom is 0.279 e. The van der Waals surface area contributed by atoms with Crippen LogP contribution in [0.5, 0.6) is 11.5 Å². The molecule has 3 aromatic rings. The summed E-state index contributed by atoms with van der Waals surface area (Å²) in [6.07, 6.45) is 1.69. The maximum absolute atomic E-state index is 12.7. The summed E-state index contributed by atoms with van der Waals surface area (Å²) in [7, 11) is 2.93. The van der Waals surface area contributed by atoms with E-state index >= 15 is 0 Å². The van der Waals surface area contributed by atoms with Gasteiger partial charge in [0.25, 0.3) is 5.91 Å². The highest BCUT2D eigenvalue weighted by molar-refractivity contribution is 7.89. The van der Waals surface area contributed by atoms with Gasteiger partial charge >= 0.3 is 0 Å². The van der Waals surface area contributed by atoms with E-state index in [1.165, 1.54) is 39.9 Å². The van der Waals surface area contributed by atoms with Crippen LogP contribution >= 0.6 is 11.3 Å². The lowest BCUT2D eigenvalue weighted by Gasteiger charge is -2.16. The molecule has 1 heterocycles. The van der Waals surface area contributed by atoms with Gasteiger partial charge in [-0.15, -0.1) is 0 Å². The summed E-state index contributed by atoms with van der Waals surface area (Å²) in [5, 5.41) is 0. The number of nitrogens with zero attached hydrogens (tertiary/aromatic N) is 3. The van der Waals surface area contributed by atoms with E-state index in [0.29, 0.717) is 28.4 Å². The Morgan fingerprint density at radius 3 is 2.34 bits per heavy atom. The summed E-state index contributed by atoms with van der Waals surface area (Å²) in [5.41, 5.74) is 1.17. The van der Waals surface area contributed by atoms with Crippen molar-refractivity contribution in [2.45, 2.75) is 24.7 Å². The Hall–Kier alpha value is -2.69. The number of aromatic nitrogens is 1. The van der Waals surface area contributed by atoms with Gasteiger partial charge in [-0.3, -0.25) is 4.79 Å². The molecule has 3 rings (SSSR count). The standard InChI is InChI=1S/C22H27N3O5S2/c1-6-7-12-24(2)32(27,28)16-10-8-15(9-11-16)21(26)23-22-25(3)17-13-18(29-4)19(30-5)14-20(17)31-22/h8-11,13-14H,6-7,12H2,1-5H3. The lowest BCUT2D eigenvalue weighted by atomic mass is 10.2. The smallest absolute Gasteiger partial charge is 0.279 e. The number of amides is 1. The van der Waals surface area contributed by atoms with Crippen LogP contribution in [0.25, 0.3) is 10.2 Å². The second-order valence-corrected chi connectivity index (χ2v) is 10.3. The summed E-state index contributed by atoms with van der Waals surface area (Å²) in [4.78, 5) is 17.7. The third-order valence-electron chi connectivity index (χ3n) is 5.15. The molecule has 32 heavy (non-hydrogen) atoms. The minimum atomic E-state index is -3.58. The fourth-order valence-electron chi connectivity index (χ4n) is 3.16. The first-order valence-electron chi connectivity index (χ1n) is 10.1. The largest absolute Gasteiger partial charge is 0.493 e. The van der Waals surface area contributed by atoms with Gasteiger partial charge < -0.3 is 14.0 Å². The lowest BCUT2D eigenvalue weighted by Crippen LogP contribution is -2.27. The molecule has 0 radical (unpaired) electrons. The Kier molecular flexibility index (Phi) is 7.37.